The van der Waals surface area contributed by atoms with Crippen LogP contribution in [0.5, 0.6) is 0 Å². The highest BCUT2D eigenvalue weighted by atomic mass is 79.9. The van der Waals surface area contributed by atoms with Gasteiger partial charge in [-0.2, -0.15) is 0 Å². The Bertz CT molecular complexity index is 489. The van der Waals surface area contributed by atoms with E-state index < -0.39 is 0 Å². The van der Waals surface area contributed by atoms with E-state index >= 15 is 0 Å². The Morgan fingerprint density at radius 3 is 2.95 bits per heavy atom. The largest absolute Gasteiger partial charge is 0.468 e. The van der Waals surface area contributed by atoms with Gasteiger partial charge in [-0.25, -0.2) is 0 Å². The molecule has 0 aliphatic heterocycles. The van der Waals surface area contributed by atoms with E-state index in [1.807, 2.05) is 0 Å². The van der Waals surface area contributed by atoms with Crippen LogP contribution in [0.2, 0.25) is 0 Å². The molecule has 2 rings (SSSR count). The highest BCUT2D eigenvalue weighted by Gasteiger charge is 2.31. The smallest absolute Gasteiger partial charge is 0.323 e. The topological polar surface area (TPSA) is 38.3 Å². The van der Waals surface area contributed by atoms with Crippen molar-refractivity contribution in [1.82, 2.24) is 5.32 Å². The number of ether oxygens (including phenoxy) is 1. The Kier molecular flexibility index (Phi) is 5.22. The highest BCUT2D eigenvalue weighted by molar-refractivity contribution is 9.10. The molecule has 0 heterocycles. The lowest BCUT2D eigenvalue weighted by molar-refractivity contribution is -0.144. The maximum Gasteiger partial charge on any atom is 0.323 e. The molecule has 0 fully saturated rings. The summed E-state index contributed by atoms with van der Waals surface area (Å²) in [5, 5.41) is 3.51. The van der Waals surface area contributed by atoms with Crippen molar-refractivity contribution in [3.8, 4) is 0 Å². The molecule has 0 spiro atoms. The second kappa shape index (κ2) is 6.72. The molecule has 3 atom stereocenters. The number of rotatable bonds is 5. The van der Waals surface area contributed by atoms with Crippen LogP contribution in [-0.2, 0) is 16.0 Å². The van der Waals surface area contributed by atoms with Crippen molar-refractivity contribution < 1.29 is 9.53 Å². The van der Waals surface area contributed by atoms with Crippen molar-refractivity contribution in [3.63, 3.8) is 0 Å². The van der Waals surface area contributed by atoms with Crippen LogP contribution in [0.25, 0.3) is 0 Å². The predicted molar refractivity (Wildman–Crippen MR) is 83.6 cm³/mol. The monoisotopic (exact) mass is 339 g/mol. The molecule has 1 aliphatic rings. The first kappa shape index (κ1) is 15.5. The molecule has 0 saturated heterocycles. The van der Waals surface area contributed by atoms with Crippen LogP contribution in [0.15, 0.2) is 22.7 Å². The number of esters is 1. The van der Waals surface area contributed by atoms with Gasteiger partial charge in [-0.3, -0.25) is 10.1 Å². The van der Waals surface area contributed by atoms with Crippen molar-refractivity contribution in [2.75, 3.05) is 7.11 Å². The van der Waals surface area contributed by atoms with Crippen LogP contribution < -0.4 is 5.32 Å². The van der Waals surface area contributed by atoms with E-state index in [9.17, 15) is 4.79 Å². The van der Waals surface area contributed by atoms with Gasteiger partial charge in [0.1, 0.15) is 6.04 Å². The molecule has 3 unspecified atom stereocenters. The van der Waals surface area contributed by atoms with Crippen molar-refractivity contribution in [2.45, 2.75) is 45.2 Å². The third kappa shape index (κ3) is 3.07. The summed E-state index contributed by atoms with van der Waals surface area (Å²) >= 11 is 3.61. The van der Waals surface area contributed by atoms with E-state index in [2.05, 4.69) is 53.3 Å². The fourth-order valence-corrected chi connectivity index (χ4v) is 3.41. The molecule has 4 heteroatoms. The average molecular weight is 340 g/mol. The van der Waals surface area contributed by atoms with Crippen LogP contribution in [0.4, 0.5) is 0 Å². The lowest BCUT2D eigenvalue weighted by atomic mass is 9.97. The fraction of sp³-hybridized carbons (Fsp3) is 0.562. The zero-order valence-electron chi connectivity index (χ0n) is 12.3. The number of carbonyl (C=O) groups excluding carboxylic acids is 1. The van der Waals surface area contributed by atoms with Crippen molar-refractivity contribution in [3.05, 3.63) is 33.8 Å². The Morgan fingerprint density at radius 2 is 2.30 bits per heavy atom. The Labute approximate surface area is 129 Å². The summed E-state index contributed by atoms with van der Waals surface area (Å²) < 4.78 is 6.11. The van der Waals surface area contributed by atoms with E-state index in [1.165, 1.54) is 18.2 Å². The van der Waals surface area contributed by atoms with Gasteiger partial charge in [0.25, 0.3) is 0 Å². The van der Waals surface area contributed by atoms with E-state index in [0.717, 1.165) is 23.7 Å². The zero-order valence-corrected chi connectivity index (χ0v) is 13.9. The Hall–Kier alpha value is -0.870. The lowest BCUT2D eigenvalue weighted by Gasteiger charge is -2.26. The lowest BCUT2D eigenvalue weighted by Crippen LogP contribution is -2.43. The summed E-state index contributed by atoms with van der Waals surface area (Å²) in [6, 6.07) is 6.28. The molecule has 0 saturated carbocycles. The van der Waals surface area contributed by atoms with E-state index in [4.69, 9.17) is 4.74 Å². The number of benzene rings is 1. The SMILES string of the molecule is CCC(C)C(NC1CCc2c(Br)cccc21)C(=O)OC. The van der Waals surface area contributed by atoms with E-state index in [0.29, 0.717) is 0 Å². The minimum Gasteiger partial charge on any atom is -0.468 e. The highest BCUT2D eigenvalue weighted by Crippen LogP contribution is 2.36. The summed E-state index contributed by atoms with van der Waals surface area (Å²) in [7, 11) is 1.46. The van der Waals surface area contributed by atoms with Crippen LogP contribution in [0, 0.1) is 5.92 Å². The molecule has 0 amide bonds. The number of hydrogen-bond acceptors (Lipinski definition) is 3. The van der Waals surface area contributed by atoms with Gasteiger partial charge in [0.15, 0.2) is 0 Å². The molecule has 1 N–H and O–H groups in total. The minimum atomic E-state index is -0.236. The first-order valence-electron chi connectivity index (χ1n) is 7.19. The summed E-state index contributed by atoms with van der Waals surface area (Å²) in [6.07, 6.45) is 3.02. The quantitative estimate of drug-likeness (QED) is 0.832. The molecule has 110 valence electrons. The number of halogens is 1. The van der Waals surface area contributed by atoms with Gasteiger partial charge in [0, 0.05) is 10.5 Å². The second-order valence-electron chi connectivity index (χ2n) is 5.45. The molecule has 1 aromatic carbocycles. The van der Waals surface area contributed by atoms with E-state index in [1.54, 1.807) is 0 Å². The standard InChI is InChI=1S/C16H22BrNO2/c1-4-10(2)15(16(19)20-3)18-14-9-8-11-12(14)6-5-7-13(11)17/h5-7,10,14-15,18H,4,8-9H2,1-3H3. The minimum absolute atomic E-state index is 0.164. The van der Waals surface area contributed by atoms with Crippen molar-refractivity contribution in [1.29, 1.82) is 0 Å². The number of nitrogens with one attached hydrogen (secondary N) is 1. The van der Waals surface area contributed by atoms with Crippen LogP contribution in [0.1, 0.15) is 43.9 Å². The molecular weight excluding hydrogens is 318 g/mol. The van der Waals surface area contributed by atoms with Crippen LogP contribution in [-0.4, -0.2) is 19.1 Å². The molecule has 20 heavy (non-hydrogen) atoms. The first-order valence-corrected chi connectivity index (χ1v) is 7.99. The third-order valence-electron chi connectivity index (χ3n) is 4.26. The number of fused-ring (bicyclic) bond motifs is 1. The number of methoxy groups -OCH3 is 1. The molecule has 0 aromatic heterocycles. The Morgan fingerprint density at radius 1 is 1.55 bits per heavy atom. The van der Waals surface area contributed by atoms with Gasteiger partial charge in [-0.15, -0.1) is 0 Å². The summed E-state index contributed by atoms with van der Waals surface area (Å²) in [5.41, 5.74) is 2.66. The number of carbonyl (C=O) groups is 1. The molecule has 0 radical (unpaired) electrons. The van der Waals surface area contributed by atoms with Gasteiger partial charge in [-0.1, -0.05) is 48.3 Å². The third-order valence-corrected chi connectivity index (χ3v) is 5.01. The predicted octanol–water partition coefficient (Wildman–Crippen LogP) is 3.61. The molecule has 0 bridgehead atoms. The molecule has 1 aliphatic carbocycles. The normalized spacial score (nSPS) is 20.3. The van der Waals surface area contributed by atoms with Gasteiger partial charge in [-0.05, 0) is 36.0 Å². The van der Waals surface area contributed by atoms with Crippen LogP contribution >= 0.6 is 15.9 Å². The fourth-order valence-electron chi connectivity index (χ4n) is 2.83. The summed E-state index contributed by atoms with van der Waals surface area (Å²) in [5.74, 6) is 0.0986. The summed E-state index contributed by atoms with van der Waals surface area (Å²) in [4.78, 5) is 12.0. The Balaban J connectivity index is 2.18. The second-order valence-corrected chi connectivity index (χ2v) is 6.31. The molecule has 3 nitrogen and oxygen atoms in total. The maximum absolute atomic E-state index is 12.0. The maximum atomic E-state index is 12.0. The van der Waals surface area contributed by atoms with Gasteiger partial charge >= 0.3 is 5.97 Å². The van der Waals surface area contributed by atoms with Gasteiger partial charge in [0.05, 0.1) is 7.11 Å². The van der Waals surface area contributed by atoms with Crippen molar-refractivity contribution in [2.24, 2.45) is 5.92 Å². The van der Waals surface area contributed by atoms with Crippen LogP contribution in [0.3, 0.4) is 0 Å². The van der Waals surface area contributed by atoms with Crippen molar-refractivity contribution >= 4 is 21.9 Å². The zero-order chi connectivity index (χ0) is 14.7. The average Bonchev–Trinajstić information content (AvgIpc) is 2.87. The number of hydrogen-bond donors (Lipinski definition) is 1. The van der Waals surface area contributed by atoms with Gasteiger partial charge in [0.2, 0.25) is 0 Å². The molecule has 1 aromatic rings. The first-order chi connectivity index (χ1) is 9.58. The summed E-state index contributed by atoms with van der Waals surface area (Å²) in [6.45, 7) is 4.19. The van der Waals surface area contributed by atoms with E-state index in [-0.39, 0.29) is 24.0 Å². The van der Waals surface area contributed by atoms with Gasteiger partial charge < -0.3 is 4.74 Å². The molecular formula is C16H22BrNO2.